The smallest absolute Gasteiger partial charge is 0.0914 e. The normalized spacial score (nSPS) is 24.9. The van der Waals surface area contributed by atoms with E-state index >= 15 is 0 Å². The number of rotatable bonds is 5. The Morgan fingerprint density at radius 2 is 2.05 bits per heavy atom. The second kappa shape index (κ2) is 7.58. The van der Waals surface area contributed by atoms with Crippen molar-refractivity contribution in [1.82, 2.24) is 5.32 Å². The minimum atomic E-state index is -0.428. The Balaban J connectivity index is 1.90. The molecule has 2 N–H and O–H groups in total. The molecule has 20 heavy (non-hydrogen) atoms. The maximum absolute atomic E-state index is 10.3. The van der Waals surface area contributed by atoms with Gasteiger partial charge in [0.1, 0.15) is 0 Å². The van der Waals surface area contributed by atoms with Crippen molar-refractivity contribution in [1.29, 1.82) is 0 Å². The molecule has 0 radical (unpaired) electrons. The van der Waals surface area contributed by atoms with Gasteiger partial charge in [-0.05, 0) is 42.4 Å². The standard InChI is InChI=1S/C17H26BrNO/c1-12(2)15-8-3-4-9-16(15)19-11-17(20)13-6-5-7-14(18)10-13/h5-7,10,12,15-17,19-20H,3-4,8-9,11H2,1-2H3. The van der Waals surface area contributed by atoms with Crippen LogP contribution in [0.5, 0.6) is 0 Å². The Hall–Kier alpha value is -0.380. The largest absolute Gasteiger partial charge is 0.387 e. The van der Waals surface area contributed by atoms with Crippen molar-refractivity contribution >= 4 is 15.9 Å². The molecule has 0 aromatic heterocycles. The minimum absolute atomic E-state index is 0.428. The zero-order chi connectivity index (χ0) is 14.5. The molecule has 0 heterocycles. The lowest BCUT2D eigenvalue weighted by molar-refractivity contribution is 0.144. The van der Waals surface area contributed by atoms with Gasteiger partial charge in [0.15, 0.2) is 0 Å². The molecule has 1 aromatic rings. The second-order valence-electron chi connectivity index (χ2n) is 6.28. The molecule has 0 spiro atoms. The molecule has 1 aliphatic carbocycles. The van der Waals surface area contributed by atoms with E-state index in [4.69, 9.17) is 0 Å². The lowest BCUT2D eigenvalue weighted by Crippen LogP contribution is -2.42. The Morgan fingerprint density at radius 1 is 1.30 bits per heavy atom. The molecule has 1 fully saturated rings. The third-order valence-corrected chi connectivity index (χ3v) is 4.98. The van der Waals surface area contributed by atoms with E-state index in [0.717, 1.165) is 21.9 Å². The van der Waals surface area contributed by atoms with Crippen LogP contribution in [0.1, 0.15) is 51.2 Å². The van der Waals surface area contributed by atoms with Gasteiger partial charge in [-0.2, -0.15) is 0 Å². The zero-order valence-corrected chi connectivity index (χ0v) is 14.1. The first-order chi connectivity index (χ1) is 9.58. The van der Waals surface area contributed by atoms with Gasteiger partial charge >= 0.3 is 0 Å². The molecular formula is C17H26BrNO. The highest BCUT2D eigenvalue weighted by Crippen LogP contribution is 2.30. The quantitative estimate of drug-likeness (QED) is 0.838. The first-order valence-corrected chi connectivity index (χ1v) is 8.54. The van der Waals surface area contributed by atoms with Crippen molar-refractivity contribution in [2.75, 3.05) is 6.54 Å². The van der Waals surface area contributed by atoms with Crippen molar-refractivity contribution < 1.29 is 5.11 Å². The van der Waals surface area contributed by atoms with Crippen molar-refractivity contribution in [2.45, 2.75) is 51.7 Å². The Morgan fingerprint density at radius 3 is 2.75 bits per heavy atom. The van der Waals surface area contributed by atoms with Gasteiger partial charge in [0, 0.05) is 17.1 Å². The van der Waals surface area contributed by atoms with Gasteiger partial charge in [-0.3, -0.25) is 0 Å². The Bertz CT molecular complexity index is 421. The fourth-order valence-electron chi connectivity index (χ4n) is 3.31. The molecule has 1 saturated carbocycles. The van der Waals surface area contributed by atoms with Gasteiger partial charge in [0.25, 0.3) is 0 Å². The number of hydrogen-bond acceptors (Lipinski definition) is 2. The van der Waals surface area contributed by atoms with E-state index in [2.05, 4.69) is 35.1 Å². The minimum Gasteiger partial charge on any atom is -0.387 e. The van der Waals surface area contributed by atoms with Crippen LogP contribution in [-0.2, 0) is 0 Å². The first kappa shape index (κ1) is 16.0. The summed E-state index contributed by atoms with van der Waals surface area (Å²) >= 11 is 3.46. The lowest BCUT2D eigenvalue weighted by Gasteiger charge is -2.35. The van der Waals surface area contributed by atoms with Crippen molar-refractivity contribution in [3.05, 3.63) is 34.3 Å². The van der Waals surface area contributed by atoms with Crippen LogP contribution in [0, 0.1) is 11.8 Å². The van der Waals surface area contributed by atoms with Crippen LogP contribution in [0.2, 0.25) is 0 Å². The predicted molar refractivity (Wildman–Crippen MR) is 87.7 cm³/mol. The Kier molecular flexibility index (Phi) is 6.06. The number of halogens is 1. The maximum Gasteiger partial charge on any atom is 0.0914 e. The van der Waals surface area contributed by atoms with E-state index in [1.54, 1.807) is 0 Å². The summed E-state index contributed by atoms with van der Waals surface area (Å²) < 4.78 is 1.02. The average molecular weight is 340 g/mol. The SMILES string of the molecule is CC(C)C1CCCCC1NCC(O)c1cccc(Br)c1. The topological polar surface area (TPSA) is 32.3 Å². The summed E-state index contributed by atoms with van der Waals surface area (Å²) in [4.78, 5) is 0. The fraction of sp³-hybridized carbons (Fsp3) is 0.647. The molecule has 0 saturated heterocycles. The highest BCUT2D eigenvalue weighted by atomic mass is 79.9. The van der Waals surface area contributed by atoms with Crippen molar-refractivity contribution in [3.63, 3.8) is 0 Å². The van der Waals surface area contributed by atoms with Crippen LogP contribution in [0.3, 0.4) is 0 Å². The highest BCUT2D eigenvalue weighted by molar-refractivity contribution is 9.10. The van der Waals surface area contributed by atoms with E-state index in [-0.39, 0.29) is 0 Å². The molecule has 3 unspecified atom stereocenters. The number of aliphatic hydroxyl groups excluding tert-OH is 1. The van der Waals surface area contributed by atoms with Crippen LogP contribution in [0.4, 0.5) is 0 Å². The number of aliphatic hydroxyl groups is 1. The summed E-state index contributed by atoms with van der Waals surface area (Å²) in [7, 11) is 0. The molecule has 3 atom stereocenters. The second-order valence-corrected chi connectivity index (χ2v) is 7.19. The third-order valence-electron chi connectivity index (χ3n) is 4.48. The molecule has 1 aromatic carbocycles. The summed E-state index contributed by atoms with van der Waals surface area (Å²) in [6.07, 6.45) is 4.81. The molecule has 0 bridgehead atoms. The van der Waals surface area contributed by atoms with E-state index in [1.807, 2.05) is 24.3 Å². The molecule has 0 amide bonds. The van der Waals surface area contributed by atoms with Crippen molar-refractivity contribution in [2.24, 2.45) is 11.8 Å². The third kappa shape index (κ3) is 4.31. The van der Waals surface area contributed by atoms with Gasteiger partial charge in [-0.1, -0.05) is 54.8 Å². The van der Waals surface area contributed by atoms with Crippen molar-refractivity contribution in [3.8, 4) is 0 Å². The molecule has 2 rings (SSSR count). The maximum atomic E-state index is 10.3. The first-order valence-electron chi connectivity index (χ1n) is 7.75. The van der Waals surface area contributed by atoms with Crippen LogP contribution in [0.15, 0.2) is 28.7 Å². The summed E-state index contributed by atoms with van der Waals surface area (Å²) in [6.45, 7) is 5.27. The Labute approximate surface area is 131 Å². The van der Waals surface area contributed by atoms with E-state index < -0.39 is 6.10 Å². The lowest BCUT2D eigenvalue weighted by atomic mass is 9.78. The van der Waals surface area contributed by atoms with Gasteiger partial charge in [0.05, 0.1) is 6.10 Å². The highest BCUT2D eigenvalue weighted by Gasteiger charge is 2.27. The molecular weight excluding hydrogens is 314 g/mol. The van der Waals surface area contributed by atoms with Gasteiger partial charge in [0.2, 0.25) is 0 Å². The average Bonchev–Trinajstić information content (AvgIpc) is 2.45. The monoisotopic (exact) mass is 339 g/mol. The summed E-state index contributed by atoms with van der Waals surface area (Å²) in [5.41, 5.74) is 0.976. The zero-order valence-electron chi connectivity index (χ0n) is 12.5. The number of hydrogen-bond donors (Lipinski definition) is 2. The molecule has 0 aliphatic heterocycles. The summed E-state index contributed by atoms with van der Waals surface area (Å²) in [5.74, 6) is 1.47. The van der Waals surface area contributed by atoms with Crippen LogP contribution < -0.4 is 5.32 Å². The van der Waals surface area contributed by atoms with E-state index in [0.29, 0.717) is 12.6 Å². The molecule has 3 heteroatoms. The van der Waals surface area contributed by atoms with Gasteiger partial charge in [-0.15, -0.1) is 0 Å². The molecule has 1 aliphatic rings. The predicted octanol–water partition coefficient (Wildman–Crippen LogP) is 4.29. The van der Waals surface area contributed by atoms with Gasteiger partial charge < -0.3 is 10.4 Å². The van der Waals surface area contributed by atoms with E-state index in [1.165, 1.54) is 25.7 Å². The van der Waals surface area contributed by atoms with Crippen LogP contribution in [0.25, 0.3) is 0 Å². The van der Waals surface area contributed by atoms with E-state index in [9.17, 15) is 5.11 Å². The number of nitrogens with one attached hydrogen (secondary N) is 1. The number of benzene rings is 1. The summed E-state index contributed by atoms with van der Waals surface area (Å²) in [5, 5.41) is 13.9. The molecule has 112 valence electrons. The van der Waals surface area contributed by atoms with Gasteiger partial charge in [-0.25, -0.2) is 0 Å². The fourth-order valence-corrected chi connectivity index (χ4v) is 3.72. The van der Waals surface area contributed by atoms with Crippen LogP contribution in [-0.4, -0.2) is 17.7 Å². The van der Waals surface area contributed by atoms with Crippen LogP contribution >= 0.6 is 15.9 Å². The molecule has 2 nitrogen and oxygen atoms in total. The summed E-state index contributed by atoms with van der Waals surface area (Å²) in [6, 6.07) is 8.50.